The first-order valence-corrected chi connectivity index (χ1v) is 14.2. The molecule has 1 aliphatic heterocycles. The molecular weight excluding hydrogens is 520 g/mol. The Bertz CT molecular complexity index is 1020. The molecule has 0 amide bonds. The van der Waals surface area contributed by atoms with Gasteiger partial charge >= 0.3 is 29.7 Å². The van der Waals surface area contributed by atoms with Gasteiger partial charge in [-0.1, -0.05) is 81.7 Å². The smallest absolute Gasteiger partial charge is 0.439 e. The molecule has 10 nitrogen and oxygen atoms in total. The Labute approximate surface area is 233 Å². The van der Waals surface area contributed by atoms with Crippen LogP contribution in [0.25, 0.3) is 0 Å². The zero-order valence-corrected chi connectivity index (χ0v) is 22.6. The highest BCUT2D eigenvalue weighted by Gasteiger charge is 2.60. The maximum absolute atomic E-state index is 13.1. The summed E-state index contributed by atoms with van der Waals surface area (Å²) >= 11 is 0. The van der Waals surface area contributed by atoms with Crippen molar-refractivity contribution >= 4 is 23.9 Å². The lowest BCUT2D eigenvalue weighted by Crippen LogP contribution is -2.52. The molecule has 1 heterocycles. The van der Waals surface area contributed by atoms with Crippen molar-refractivity contribution in [2.24, 2.45) is 11.8 Å². The minimum Gasteiger partial charge on any atom is -0.439 e. The van der Waals surface area contributed by atoms with Crippen LogP contribution >= 0.6 is 0 Å². The van der Waals surface area contributed by atoms with E-state index < -0.39 is 41.9 Å². The molecule has 3 aliphatic rings. The lowest BCUT2D eigenvalue weighted by molar-refractivity contribution is -0.221. The number of hydrogen-bond donors (Lipinski definition) is 2. The van der Waals surface area contributed by atoms with Crippen molar-refractivity contribution in [2.45, 2.75) is 101 Å². The molecule has 2 fully saturated rings. The van der Waals surface area contributed by atoms with Gasteiger partial charge in [-0.05, 0) is 43.1 Å². The average molecular weight is 559 g/mol. The Kier molecular flexibility index (Phi) is 10.3. The molecule has 2 N–H and O–H groups in total. The molecule has 0 saturated heterocycles. The van der Waals surface area contributed by atoms with Gasteiger partial charge in [-0.25, -0.2) is 19.2 Å². The van der Waals surface area contributed by atoms with Crippen LogP contribution in [-0.4, -0.2) is 52.1 Å². The summed E-state index contributed by atoms with van der Waals surface area (Å²) in [6, 6.07) is 8.97. The van der Waals surface area contributed by atoms with Crippen LogP contribution < -0.4 is 0 Å². The van der Waals surface area contributed by atoms with Crippen LogP contribution in [0, 0.1) is 11.8 Å². The van der Waals surface area contributed by atoms with Crippen molar-refractivity contribution in [1.82, 2.24) is 0 Å². The lowest BCUT2D eigenvalue weighted by Gasteiger charge is -2.24. The molecule has 1 aromatic carbocycles. The third-order valence-corrected chi connectivity index (χ3v) is 7.97. The largest absolute Gasteiger partial charge is 0.453 e. The maximum Gasteiger partial charge on any atom is 0.453 e. The SMILES string of the molecule is O=C(OC(=O)C1(C(=O)OC(=O)C(O)CCC2CCCC2)OC=C(Cc2ccccc2)O1)C(O)CCC1CCCC1. The number of rotatable bonds is 12. The predicted octanol–water partition coefficient (Wildman–Crippen LogP) is 3.62. The molecule has 1 aromatic rings. The lowest BCUT2D eigenvalue weighted by atomic mass is 9.99. The quantitative estimate of drug-likeness (QED) is 0.288. The Morgan fingerprint density at radius 3 is 1.75 bits per heavy atom. The van der Waals surface area contributed by atoms with Crippen LogP contribution in [0.1, 0.15) is 82.6 Å². The van der Waals surface area contributed by atoms with Crippen molar-refractivity contribution in [2.75, 3.05) is 0 Å². The number of esters is 4. The molecule has 2 atom stereocenters. The first kappa shape index (κ1) is 29.7. The summed E-state index contributed by atoms with van der Waals surface area (Å²) < 4.78 is 20.4. The molecule has 2 saturated carbocycles. The third kappa shape index (κ3) is 7.69. The van der Waals surface area contributed by atoms with Crippen LogP contribution in [0.5, 0.6) is 0 Å². The molecule has 218 valence electrons. The standard InChI is InChI=1S/C30H38O10/c31-24(16-14-20-8-4-5-9-20)26(33)38-28(35)30(37-19-23(40-30)18-22-12-2-1-3-13-22)29(36)39-27(34)25(32)17-15-21-10-6-7-11-21/h1-3,12-13,19-21,24-25,31-32H,4-11,14-18H2. The zero-order chi connectivity index (χ0) is 28.5. The predicted molar refractivity (Wildman–Crippen MR) is 140 cm³/mol. The van der Waals surface area contributed by atoms with Gasteiger partial charge in [0.15, 0.2) is 12.2 Å². The van der Waals surface area contributed by atoms with Gasteiger partial charge in [-0.3, -0.25) is 0 Å². The molecular formula is C30H38O10. The van der Waals surface area contributed by atoms with E-state index in [1.54, 1.807) is 24.3 Å². The number of carbonyl (C=O) groups is 4. The van der Waals surface area contributed by atoms with Gasteiger partial charge in [0.2, 0.25) is 0 Å². The van der Waals surface area contributed by atoms with E-state index in [9.17, 15) is 29.4 Å². The van der Waals surface area contributed by atoms with Gasteiger partial charge in [-0.2, -0.15) is 0 Å². The number of ether oxygens (including phenoxy) is 4. The fraction of sp³-hybridized carbons (Fsp3) is 0.600. The van der Waals surface area contributed by atoms with Crippen molar-refractivity contribution < 1.29 is 48.3 Å². The van der Waals surface area contributed by atoms with E-state index >= 15 is 0 Å². The summed E-state index contributed by atoms with van der Waals surface area (Å²) in [4.78, 5) is 51.3. The van der Waals surface area contributed by atoms with E-state index in [1.807, 2.05) is 6.07 Å². The van der Waals surface area contributed by atoms with Crippen molar-refractivity contribution in [3.63, 3.8) is 0 Å². The highest BCUT2D eigenvalue weighted by atomic mass is 16.8. The van der Waals surface area contributed by atoms with E-state index in [-0.39, 0.29) is 25.0 Å². The van der Waals surface area contributed by atoms with Crippen LogP contribution in [0.4, 0.5) is 0 Å². The minimum atomic E-state index is -2.94. The highest BCUT2D eigenvalue weighted by molar-refractivity contribution is 6.08. The van der Waals surface area contributed by atoms with Gasteiger partial charge in [-0.15, -0.1) is 0 Å². The number of aliphatic hydroxyl groups is 2. The summed E-state index contributed by atoms with van der Waals surface area (Å²) in [5.74, 6) is -7.79. The molecule has 40 heavy (non-hydrogen) atoms. The van der Waals surface area contributed by atoms with E-state index in [4.69, 9.17) is 18.9 Å². The van der Waals surface area contributed by atoms with Crippen molar-refractivity contribution in [1.29, 1.82) is 0 Å². The van der Waals surface area contributed by atoms with Crippen LogP contribution in [0.15, 0.2) is 42.4 Å². The molecule has 0 radical (unpaired) electrons. The van der Waals surface area contributed by atoms with Gasteiger partial charge in [0.1, 0.15) is 12.0 Å². The minimum absolute atomic E-state index is 0.0450. The van der Waals surface area contributed by atoms with Crippen LogP contribution in [0.3, 0.4) is 0 Å². The fourth-order valence-corrected chi connectivity index (χ4v) is 5.59. The van der Waals surface area contributed by atoms with Crippen LogP contribution in [-0.2, 0) is 44.5 Å². The maximum atomic E-state index is 13.1. The second-order valence-electron chi connectivity index (χ2n) is 11.0. The number of allylic oxidation sites excluding steroid dienone is 1. The molecule has 0 aromatic heterocycles. The molecule has 2 aliphatic carbocycles. The second kappa shape index (κ2) is 13.9. The summed E-state index contributed by atoms with van der Waals surface area (Å²) in [6.45, 7) is 0. The monoisotopic (exact) mass is 558 g/mol. The van der Waals surface area contributed by atoms with Gasteiger partial charge < -0.3 is 29.2 Å². The first-order chi connectivity index (χ1) is 19.3. The average Bonchev–Trinajstić information content (AvgIpc) is 3.74. The van der Waals surface area contributed by atoms with E-state index in [1.165, 1.54) is 0 Å². The van der Waals surface area contributed by atoms with Gasteiger partial charge in [0.05, 0.1) is 0 Å². The Hall–Kier alpha value is -3.24. The summed E-state index contributed by atoms with van der Waals surface area (Å²) in [6.07, 6.45) is 7.86. The topological polar surface area (TPSA) is 146 Å². The molecule has 0 spiro atoms. The van der Waals surface area contributed by atoms with Gasteiger partial charge in [0, 0.05) is 6.42 Å². The second-order valence-corrected chi connectivity index (χ2v) is 11.0. The zero-order valence-electron chi connectivity index (χ0n) is 22.6. The molecule has 4 rings (SSSR count). The van der Waals surface area contributed by atoms with E-state index in [2.05, 4.69) is 0 Å². The first-order valence-electron chi connectivity index (χ1n) is 14.2. The molecule has 10 heteroatoms. The highest BCUT2D eigenvalue weighted by Crippen LogP contribution is 2.33. The Balaban J connectivity index is 1.40. The molecule has 2 unspecified atom stereocenters. The Morgan fingerprint density at radius 1 is 0.800 bits per heavy atom. The number of aliphatic hydroxyl groups excluding tert-OH is 2. The van der Waals surface area contributed by atoms with Crippen molar-refractivity contribution in [3.8, 4) is 0 Å². The summed E-state index contributed by atoms with van der Waals surface area (Å²) in [5.41, 5.74) is 0.770. The summed E-state index contributed by atoms with van der Waals surface area (Å²) in [5, 5.41) is 20.6. The van der Waals surface area contributed by atoms with Crippen molar-refractivity contribution in [3.05, 3.63) is 47.9 Å². The van der Waals surface area contributed by atoms with E-state index in [0.717, 1.165) is 63.2 Å². The number of benzene rings is 1. The normalized spacial score (nSPS) is 22.6. The number of carbonyl (C=O) groups excluding carboxylic acids is 4. The fourth-order valence-electron chi connectivity index (χ4n) is 5.59. The number of hydrogen-bond acceptors (Lipinski definition) is 10. The van der Waals surface area contributed by atoms with E-state index in [0.29, 0.717) is 24.7 Å². The third-order valence-electron chi connectivity index (χ3n) is 7.97. The summed E-state index contributed by atoms with van der Waals surface area (Å²) in [7, 11) is 0. The van der Waals surface area contributed by atoms with Gasteiger partial charge in [0.25, 0.3) is 0 Å². The Morgan fingerprint density at radius 2 is 1.27 bits per heavy atom. The van der Waals surface area contributed by atoms with Crippen LogP contribution in [0.2, 0.25) is 0 Å². The molecule has 0 bridgehead atoms.